The lowest BCUT2D eigenvalue weighted by Crippen LogP contribution is -2.60. The number of amides is 2. The summed E-state index contributed by atoms with van der Waals surface area (Å²) in [6.45, 7) is 14.6. The number of esters is 1. The van der Waals surface area contributed by atoms with Crippen molar-refractivity contribution < 1.29 is 28.6 Å². The van der Waals surface area contributed by atoms with Crippen LogP contribution in [0.1, 0.15) is 54.0 Å². The maximum Gasteiger partial charge on any atom is 0.410 e. The largest absolute Gasteiger partial charge is 0.460 e. The fourth-order valence-corrected chi connectivity index (χ4v) is 3.52. The SMILES string of the molecule is CC(CNCC1CN(C(=O)OC(C)(C)C)CCN1C(=O)OCc1ccccc1)C(=O)OC(C)(C)C. The normalized spacial score (nSPS) is 17.5. The molecular formula is C26H41N3O6. The van der Waals surface area contributed by atoms with E-state index in [2.05, 4.69) is 5.32 Å². The van der Waals surface area contributed by atoms with Gasteiger partial charge >= 0.3 is 18.2 Å². The number of carbonyl (C=O) groups is 3. The second-order valence-electron chi connectivity index (χ2n) is 10.9. The molecule has 2 amide bonds. The minimum absolute atomic E-state index is 0.168. The molecule has 1 N–H and O–H groups in total. The van der Waals surface area contributed by atoms with Gasteiger partial charge in [0.1, 0.15) is 17.8 Å². The number of benzene rings is 1. The van der Waals surface area contributed by atoms with E-state index in [0.717, 1.165) is 5.56 Å². The molecule has 9 heteroatoms. The van der Waals surface area contributed by atoms with Crippen molar-refractivity contribution >= 4 is 18.2 Å². The number of ether oxygens (including phenoxy) is 3. The number of nitrogens with zero attached hydrogens (tertiary/aromatic N) is 2. The average molecular weight is 492 g/mol. The van der Waals surface area contributed by atoms with Crippen LogP contribution in [0.4, 0.5) is 9.59 Å². The summed E-state index contributed by atoms with van der Waals surface area (Å²) in [6, 6.07) is 9.13. The van der Waals surface area contributed by atoms with Crippen molar-refractivity contribution in [2.24, 2.45) is 5.92 Å². The monoisotopic (exact) mass is 491 g/mol. The summed E-state index contributed by atoms with van der Waals surface area (Å²) in [7, 11) is 0. The van der Waals surface area contributed by atoms with E-state index in [9.17, 15) is 14.4 Å². The number of piperazine rings is 1. The van der Waals surface area contributed by atoms with Crippen molar-refractivity contribution in [3.8, 4) is 0 Å². The molecule has 1 heterocycles. The Balaban J connectivity index is 2.00. The third-order valence-electron chi connectivity index (χ3n) is 5.21. The molecule has 196 valence electrons. The first-order valence-corrected chi connectivity index (χ1v) is 12.1. The highest BCUT2D eigenvalue weighted by atomic mass is 16.6. The molecule has 0 saturated carbocycles. The van der Waals surface area contributed by atoms with Gasteiger partial charge in [-0.15, -0.1) is 0 Å². The van der Waals surface area contributed by atoms with Gasteiger partial charge < -0.3 is 29.3 Å². The average Bonchev–Trinajstić information content (AvgIpc) is 2.75. The predicted molar refractivity (Wildman–Crippen MR) is 133 cm³/mol. The minimum atomic E-state index is -0.612. The Hall–Kier alpha value is -2.81. The van der Waals surface area contributed by atoms with Crippen molar-refractivity contribution in [3.05, 3.63) is 35.9 Å². The van der Waals surface area contributed by atoms with Gasteiger partial charge in [-0.05, 0) is 47.1 Å². The minimum Gasteiger partial charge on any atom is -0.460 e. The van der Waals surface area contributed by atoms with E-state index in [1.165, 1.54) is 0 Å². The summed E-state index contributed by atoms with van der Waals surface area (Å²) >= 11 is 0. The van der Waals surface area contributed by atoms with Gasteiger partial charge in [0.25, 0.3) is 0 Å². The van der Waals surface area contributed by atoms with Gasteiger partial charge in [-0.25, -0.2) is 9.59 Å². The molecule has 1 aliphatic rings. The molecule has 1 saturated heterocycles. The molecule has 0 radical (unpaired) electrons. The van der Waals surface area contributed by atoms with Gasteiger partial charge in [-0.2, -0.15) is 0 Å². The van der Waals surface area contributed by atoms with Crippen molar-refractivity contribution in [2.45, 2.75) is 72.3 Å². The lowest BCUT2D eigenvalue weighted by molar-refractivity contribution is -0.159. The molecule has 1 fully saturated rings. The van der Waals surface area contributed by atoms with Crippen LogP contribution in [0.25, 0.3) is 0 Å². The Morgan fingerprint density at radius 2 is 1.60 bits per heavy atom. The molecule has 2 unspecified atom stereocenters. The van der Waals surface area contributed by atoms with Crippen LogP contribution in [-0.2, 0) is 25.6 Å². The van der Waals surface area contributed by atoms with Crippen LogP contribution in [0.5, 0.6) is 0 Å². The first-order chi connectivity index (χ1) is 16.2. The number of rotatable bonds is 7. The summed E-state index contributed by atoms with van der Waals surface area (Å²) in [6.07, 6.45) is -0.855. The van der Waals surface area contributed by atoms with E-state index in [1.807, 2.05) is 71.9 Å². The lowest BCUT2D eigenvalue weighted by atomic mass is 10.1. The molecule has 1 aliphatic heterocycles. The van der Waals surface area contributed by atoms with E-state index in [0.29, 0.717) is 32.7 Å². The highest BCUT2D eigenvalue weighted by Gasteiger charge is 2.35. The molecule has 2 rings (SSSR count). The summed E-state index contributed by atoms with van der Waals surface area (Å²) in [4.78, 5) is 41.1. The molecule has 35 heavy (non-hydrogen) atoms. The Morgan fingerprint density at radius 3 is 2.20 bits per heavy atom. The van der Waals surface area contributed by atoms with Crippen molar-refractivity contribution in [2.75, 3.05) is 32.7 Å². The van der Waals surface area contributed by atoms with Gasteiger partial charge in [-0.3, -0.25) is 4.79 Å². The zero-order valence-corrected chi connectivity index (χ0v) is 22.1. The number of carbonyl (C=O) groups excluding carboxylic acids is 3. The van der Waals surface area contributed by atoms with Crippen LogP contribution in [0.2, 0.25) is 0 Å². The second-order valence-corrected chi connectivity index (χ2v) is 10.9. The van der Waals surface area contributed by atoms with Crippen LogP contribution in [0.15, 0.2) is 30.3 Å². The number of hydrogen-bond acceptors (Lipinski definition) is 7. The summed E-state index contributed by atoms with van der Waals surface area (Å²) in [5.41, 5.74) is -0.268. The molecule has 2 atom stereocenters. The standard InChI is InChI=1S/C26H41N3O6/c1-19(22(30)34-25(2,3)4)15-27-16-21-17-28(23(31)35-26(5,6)7)13-14-29(21)24(32)33-18-20-11-9-8-10-12-20/h8-12,19,21,27H,13-18H2,1-7H3. The van der Waals surface area contributed by atoms with E-state index in [1.54, 1.807) is 16.7 Å². The zero-order chi connectivity index (χ0) is 26.2. The van der Waals surface area contributed by atoms with Crippen LogP contribution in [-0.4, -0.2) is 77.9 Å². The number of hydrogen-bond donors (Lipinski definition) is 1. The molecule has 1 aromatic rings. The van der Waals surface area contributed by atoms with Crippen LogP contribution >= 0.6 is 0 Å². The molecule has 0 bridgehead atoms. The highest BCUT2D eigenvalue weighted by molar-refractivity contribution is 5.73. The third-order valence-corrected chi connectivity index (χ3v) is 5.21. The third kappa shape index (κ3) is 10.1. The van der Waals surface area contributed by atoms with Gasteiger partial charge in [0.05, 0.1) is 12.0 Å². The van der Waals surface area contributed by atoms with Crippen LogP contribution in [0.3, 0.4) is 0 Å². The zero-order valence-electron chi connectivity index (χ0n) is 22.1. The molecule has 0 aliphatic carbocycles. The maximum atomic E-state index is 12.9. The topological polar surface area (TPSA) is 97.4 Å². The number of nitrogens with one attached hydrogen (secondary N) is 1. The highest BCUT2D eigenvalue weighted by Crippen LogP contribution is 2.17. The molecule has 0 spiro atoms. The summed E-state index contributed by atoms with van der Waals surface area (Å²) in [5, 5.41) is 3.26. The smallest absolute Gasteiger partial charge is 0.410 e. The Morgan fingerprint density at radius 1 is 0.971 bits per heavy atom. The second kappa shape index (κ2) is 12.2. The van der Waals surface area contributed by atoms with Gasteiger partial charge in [-0.1, -0.05) is 37.3 Å². The Bertz CT molecular complexity index is 847. The lowest BCUT2D eigenvalue weighted by Gasteiger charge is -2.41. The van der Waals surface area contributed by atoms with Crippen molar-refractivity contribution in [1.82, 2.24) is 15.1 Å². The summed E-state index contributed by atoms with van der Waals surface area (Å²) < 4.78 is 16.5. The van der Waals surface area contributed by atoms with E-state index in [-0.39, 0.29) is 24.5 Å². The van der Waals surface area contributed by atoms with Crippen LogP contribution < -0.4 is 5.32 Å². The van der Waals surface area contributed by atoms with E-state index >= 15 is 0 Å². The molecule has 9 nitrogen and oxygen atoms in total. The molecule has 0 aromatic heterocycles. The fourth-order valence-electron chi connectivity index (χ4n) is 3.52. The van der Waals surface area contributed by atoms with Gasteiger partial charge in [0.2, 0.25) is 0 Å². The Labute approximate surface area is 209 Å². The summed E-state index contributed by atoms with van der Waals surface area (Å²) in [5.74, 6) is -0.651. The first kappa shape index (κ1) is 28.4. The Kier molecular flexibility index (Phi) is 9.94. The molecule has 1 aromatic carbocycles. The quantitative estimate of drug-likeness (QED) is 0.457. The molecular weight excluding hydrogens is 450 g/mol. The van der Waals surface area contributed by atoms with Gasteiger partial charge in [0.15, 0.2) is 0 Å². The maximum absolute atomic E-state index is 12.9. The van der Waals surface area contributed by atoms with Crippen molar-refractivity contribution in [1.29, 1.82) is 0 Å². The first-order valence-electron chi connectivity index (χ1n) is 12.1. The van der Waals surface area contributed by atoms with E-state index in [4.69, 9.17) is 14.2 Å². The van der Waals surface area contributed by atoms with Crippen molar-refractivity contribution in [3.63, 3.8) is 0 Å². The van der Waals surface area contributed by atoms with Crippen LogP contribution in [0, 0.1) is 5.92 Å². The van der Waals surface area contributed by atoms with E-state index < -0.39 is 23.4 Å². The van der Waals surface area contributed by atoms with Gasteiger partial charge in [0, 0.05) is 32.7 Å². The fraction of sp³-hybridized carbons (Fsp3) is 0.654. The predicted octanol–water partition coefficient (Wildman–Crippen LogP) is 3.81.